The molecule has 4 N–H and O–H groups in total. The summed E-state index contributed by atoms with van der Waals surface area (Å²) in [6.07, 6.45) is 0.570. The highest BCUT2D eigenvalue weighted by molar-refractivity contribution is 5.84. The topological polar surface area (TPSA) is 93.5 Å². The largest absolute Gasteiger partial charge is 0.445 e. The van der Waals surface area contributed by atoms with Crippen LogP contribution in [-0.2, 0) is 16.1 Å². The van der Waals surface area contributed by atoms with E-state index in [0.717, 1.165) is 21.9 Å². The van der Waals surface area contributed by atoms with E-state index in [-0.39, 0.29) is 18.6 Å². The van der Waals surface area contributed by atoms with Gasteiger partial charge in [0.05, 0.1) is 12.1 Å². The summed E-state index contributed by atoms with van der Waals surface area (Å²) in [4.78, 5) is 24.2. The van der Waals surface area contributed by atoms with E-state index in [1.54, 1.807) is 0 Å². The average molecular weight is 420 g/mol. The Morgan fingerprint density at radius 1 is 0.968 bits per heavy atom. The highest BCUT2D eigenvalue weighted by Gasteiger charge is 2.16. The monoisotopic (exact) mass is 419 g/mol. The van der Waals surface area contributed by atoms with E-state index in [9.17, 15) is 9.59 Å². The van der Waals surface area contributed by atoms with Crippen LogP contribution in [0.25, 0.3) is 10.8 Å². The molecular weight excluding hydrogens is 390 g/mol. The lowest BCUT2D eigenvalue weighted by Crippen LogP contribution is -2.42. The molecule has 3 aromatic rings. The van der Waals surface area contributed by atoms with E-state index in [1.165, 1.54) is 0 Å². The number of hydrogen-bond acceptors (Lipinski definition) is 4. The van der Waals surface area contributed by atoms with Gasteiger partial charge in [0.1, 0.15) is 6.61 Å². The number of ether oxygens (including phenoxy) is 1. The molecule has 0 spiro atoms. The molecule has 0 aromatic heterocycles. The fraction of sp³-hybridized carbons (Fsp3) is 0.280. The highest BCUT2D eigenvalue weighted by Crippen LogP contribution is 2.20. The third-order valence-electron chi connectivity index (χ3n) is 5.14. The first-order valence-electron chi connectivity index (χ1n) is 10.5. The Hall–Kier alpha value is -3.38. The molecule has 162 valence electrons. The molecular formula is C25H29N3O3. The zero-order chi connectivity index (χ0) is 22.1. The van der Waals surface area contributed by atoms with E-state index in [2.05, 4.69) is 34.9 Å². The molecule has 0 fully saturated rings. The summed E-state index contributed by atoms with van der Waals surface area (Å²) in [5.41, 5.74) is 7.99. The van der Waals surface area contributed by atoms with E-state index in [1.807, 2.05) is 55.5 Å². The third-order valence-corrected chi connectivity index (χ3v) is 5.14. The van der Waals surface area contributed by atoms with Crippen LogP contribution in [0.4, 0.5) is 4.79 Å². The molecule has 0 aliphatic carbocycles. The zero-order valence-corrected chi connectivity index (χ0v) is 17.7. The number of carbonyl (C=O) groups is 2. The molecule has 31 heavy (non-hydrogen) atoms. The molecule has 0 saturated heterocycles. The van der Waals surface area contributed by atoms with E-state index in [0.29, 0.717) is 19.4 Å². The van der Waals surface area contributed by atoms with Gasteiger partial charge in [0.15, 0.2) is 0 Å². The van der Waals surface area contributed by atoms with Gasteiger partial charge in [0.2, 0.25) is 5.91 Å². The van der Waals surface area contributed by atoms with Crippen molar-refractivity contribution in [3.8, 4) is 0 Å². The van der Waals surface area contributed by atoms with Gasteiger partial charge < -0.3 is 21.1 Å². The Kier molecular flexibility index (Phi) is 8.01. The van der Waals surface area contributed by atoms with Gasteiger partial charge in [-0.2, -0.15) is 0 Å². The van der Waals surface area contributed by atoms with Crippen molar-refractivity contribution in [3.63, 3.8) is 0 Å². The van der Waals surface area contributed by atoms with Crippen molar-refractivity contribution in [1.82, 2.24) is 10.6 Å². The van der Waals surface area contributed by atoms with Crippen molar-refractivity contribution < 1.29 is 14.3 Å². The Morgan fingerprint density at radius 2 is 1.68 bits per heavy atom. The second-order valence-corrected chi connectivity index (χ2v) is 7.57. The summed E-state index contributed by atoms with van der Waals surface area (Å²) in [7, 11) is 0. The van der Waals surface area contributed by atoms with Gasteiger partial charge in [-0.1, -0.05) is 66.7 Å². The number of rotatable bonds is 9. The first-order valence-corrected chi connectivity index (χ1v) is 10.5. The van der Waals surface area contributed by atoms with Crippen molar-refractivity contribution >= 4 is 22.8 Å². The normalized spacial score (nSPS) is 12.7. The molecule has 0 aliphatic rings. The van der Waals surface area contributed by atoms with Crippen LogP contribution in [0.5, 0.6) is 0 Å². The van der Waals surface area contributed by atoms with Crippen LogP contribution in [0.1, 0.15) is 36.9 Å². The number of fused-ring (bicyclic) bond motifs is 1. The minimum absolute atomic E-state index is 0.144. The van der Waals surface area contributed by atoms with Crippen LogP contribution in [0, 0.1) is 0 Å². The molecule has 0 unspecified atom stereocenters. The van der Waals surface area contributed by atoms with Crippen LogP contribution in [-0.4, -0.2) is 24.6 Å². The lowest BCUT2D eigenvalue weighted by molar-refractivity contribution is -0.123. The summed E-state index contributed by atoms with van der Waals surface area (Å²) in [5.74, 6) is -0.202. The van der Waals surface area contributed by atoms with E-state index in [4.69, 9.17) is 10.5 Å². The summed E-state index contributed by atoms with van der Waals surface area (Å²) < 4.78 is 5.15. The summed E-state index contributed by atoms with van der Waals surface area (Å²) >= 11 is 0. The molecule has 3 rings (SSSR count). The molecule has 2 amide bonds. The van der Waals surface area contributed by atoms with Gasteiger partial charge >= 0.3 is 6.09 Å². The Bertz CT molecular complexity index is 1010. The molecule has 2 atom stereocenters. The van der Waals surface area contributed by atoms with Crippen LogP contribution in [0.15, 0.2) is 72.8 Å². The minimum atomic E-state index is -0.634. The van der Waals surface area contributed by atoms with Gasteiger partial charge in [0, 0.05) is 6.54 Å². The van der Waals surface area contributed by atoms with Crippen LogP contribution in [0.3, 0.4) is 0 Å². The molecule has 0 saturated carbocycles. The van der Waals surface area contributed by atoms with Gasteiger partial charge in [-0.15, -0.1) is 0 Å². The molecule has 0 radical (unpaired) electrons. The predicted octanol–water partition coefficient (Wildman–Crippen LogP) is 4.05. The van der Waals surface area contributed by atoms with Crippen LogP contribution in [0.2, 0.25) is 0 Å². The quantitative estimate of drug-likeness (QED) is 0.456. The molecule has 0 aliphatic heterocycles. The number of benzene rings is 3. The smallest absolute Gasteiger partial charge is 0.407 e. The number of carbonyl (C=O) groups excluding carboxylic acids is 2. The standard InChI is InChI=1S/C25H29N3O3/c1-18(21-14-13-20-10-5-6-11-22(20)16-21)28-24(29)23(26)12-7-15-27-25(30)31-17-19-8-3-2-4-9-19/h2-6,8-11,13-14,16,18,23H,7,12,15,17,26H2,1H3,(H,27,30)(H,28,29)/t18-,23+/m0/s1. The maximum Gasteiger partial charge on any atom is 0.407 e. The first kappa shape index (κ1) is 22.3. The zero-order valence-electron chi connectivity index (χ0n) is 17.7. The van der Waals surface area contributed by atoms with E-state index < -0.39 is 12.1 Å². The highest BCUT2D eigenvalue weighted by atomic mass is 16.5. The Labute approximate surface area is 182 Å². The van der Waals surface area contributed by atoms with Gasteiger partial charge in [-0.25, -0.2) is 4.79 Å². The summed E-state index contributed by atoms with van der Waals surface area (Å²) in [5, 5.41) is 7.95. The number of nitrogens with two attached hydrogens (primary N) is 1. The first-order chi connectivity index (χ1) is 15.0. The third kappa shape index (κ3) is 6.83. The summed E-state index contributed by atoms with van der Waals surface area (Å²) in [6, 6.07) is 23.0. The lowest BCUT2D eigenvalue weighted by atomic mass is 10.0. The van der Waals surface area contributed by atoms with Crippen molar-refractivity contribution in [1.29, 1.82) is 0 Å². The predicted molar refractivity (Wildman–Crippen MR) is 122 cm³/mol. The van der Waals surface area contributed by atoms with E-state index >= 15 is 0 Å². The van der Waals surface area contributed by atoms with Crippen molar-refractivity contribution in [3.05, 3.63) is 83.9 Å². The number of alkyl carbamates (subject to hydrolysis) is 1. The number of hydrogen-bond donors (Lipinski definition) is 3. The lowest BCUT2D eigenvalue weighted by Gasteiger charge is -2.18. The molecule has 3 aromatic carbocycles. The molecule has 0 bridgehead atoms. The Morgan fingerprint density at radius 3 is 2.45 bits per heavy atom. The van der Waals surface area contributed by atoms with Crippen molar-refractivity contribution in [2.75, 3.05) is 6.54 Å². The average Bonchev–Trinajstić information content (AvgIpc) is 2.80. The second-order valence-electron chi connectivity index (χ2n) is 7.57. The number of nitrogens with one attached hydrogen (secondary N) is 2. The fourth-order valence-corrected chi connectivity index (χ4v) is 3.30. The van der Waals surface area contributed by atoms with Gasteiger partial charge in [0.25, 0.3) is 0 Å². The van der Waals surface area contributed by atoms with Gasteiger partial charge in [-0.3, -0.25) is 4.79 Å². The number of amides is 2. The maximum atomic E-state index is 12.4. The van der Waals surface area contributed by atoms with Crippen molar-refractivity contribution in [2.24, 2.45) is 5.73 Å². The van der Waals surface area contributed by atoms with Gasteiger partial charge in [-0.05, 0) is 47.7 Å². The SMILES string of the molecule is C[C@H](NC(=O)[C@H](N)CCCNC(=O)OCc1ccccc1)c1ccc2ccccc2c1. The Balaban J connectivity index is 1.36. The van der Waals surface area contributed by atoms with Crippen molar-refractivity contribution in [2.45, 2.75) is 38.5 Å². The van der Waals surface area contributed by atoms with Crippen LogP contribution < -0.4 is 16.4 Å². The van der Waals surface area contributed by atoms with Crippen LogP contribution >= 0.6 is 0 Å². The second kappa shape index (κ2) is 11.1. The minimum Gasteiger partial charge on any atom is -0.445 e. The fourth-order valence-electron chi connectivity index (χ4n) is 3.30. The maximum absolute atomic E-state index is 12.4. The molecule has 6 heteroatoms. The summed E-state index contributed by atoms with van der Waals surface area (Å²) in [6.45, 7) is 2.56. The molecule has 0 heterocycles. The molecule has 6 nitrogen and oxygen atoms in total.